The molecule has 0 saturated heterocycles. The molecule has 2 rings (SSSR count). The van der Waals surface area contributed by atoms with Crippen molar-refractivity contribution in [2.24, 2.45) is 0 Å². The Hall–Kier alpha value is -0.410. The SMILES string of the molecule is CC(C)NCc1sc2c([n+]1C(C)C)CCC2. The lowest BCUT2D eigenvalue weighted by Crippen LogP contribution is -2.43. The molecule has 0 bridgehead atoms. The molecule has 1 heterocycles. The van der Waals surface area contributed by atoms with Crippen LogP contribution in [0, 0.1) is 0 Å². The Morgan fingerprint density at radius 1 is 1.25 bits per heavy atom. The van der Waals surface area contributed by atoms with Crippen molar-refractivity contribution in [3.05, 3.63) is 15.6 Å². The summed E-state index contributed by atoms with van der Waals surface area (Å²) < 4.78 is 2.56. The summed E-state index contributed by atoms with van der Waals surface area (Å²) in [6, 6.07) is 1.17. The van der Waals surface area contributed by atoms with Crippen molar-refractivity contribution < 1.29 is 4.57 Å². The highest BCUT2D eigenvalue weighted by atomic mass is 32.1. The van der Waals surface area contributed by atoms with E-state index < -0.39 is 0 Å². The zero-order valence-electron chi connectivity index (χ0n) is 10.8. The maximum absolute atomic E-state index is 3.54. The fourth-order valence-corrected chi connectivity index (χ4v) is 3.84. The normalized spacial score (nSPS) is 15.1. The first kappa shape index (κ1) is 12.1. The first-order chi connectivity index (χ1) is 7.59. The van der Waals surface area contributed by atoms with E-state index in [9.17, 15) is 0 Å². The molecule has 0 aliphatic heterocycles. The van der Waals surface area contributed by atoms with Crippen LogP contribution in [0.3, 0.4) is 0 Å². The minimum atomic E-state index is 0.567. The molecule has 0 radical (unpaired) electrons. The summed E-state index contributed by atoms with van der Waals surface area (Å²) in [5.74, 6) is 0. The Kier molecular flexibility index (Phi) is 3.65. The summed E-state index contributed by atoms with van der Waals surface area (Å²) in [5, 5.41) is 5.04. The highest BCUT2D eigenvalue weighted by Gasteiger charge is 2.31. The van der Waals surface area contributed by atoms with Gasteiger partial charge < -0.3 is 5.32 Å². The quantitative estimate of drug-likeness (QED) is 0.799. The van der Waals surface area contributed by atoms with Gasteiger partial charge in [0, 0.05) is 12.5 Å². The van der Waals surface area contributed by atoms with E-state index in [0.717, 1.165) is 6.54 Å². The van der Waals surface area contributed by atoms with E-state index >= 15 is 0 Å². The summed E-state index contributed by atoms with van der Waals surface area (Å²) in [7, 11) is 0. The standard InChI is InChI=1S/C13H23N2S/c1-9(2)14-8-13-15(10(3)4)11-6-5-7-12(11)16-13/h9-10,14H,5-8H2,1-4H3/q+1. The van der Waals surface area contributed by atoms with Gasteiger partial charge in [-0.3, -0.25) is 0 Å². The van der Waals surface area contributed by atoms with Crippen LogP contribution in [0.2, 0.25) is 0 Å². The third kappa shape index (κ3) is 2.30. The van der Waals surface area contributed by atoms with E-state index in [0.29, 0.717) is 12.1 Å². The Morgan fingerprint density at radius 3 is 2.62 bits per heavy atom. The van der Waals surface area contributed by atoms with Crippen molar-refractivity contribution >= 4 is 11.3 Å². The van der Waals surface area contributed by atoms with Gasteiger partial charge in [-0.2, -0.15) is 4.57 Å². The molecule has 0 unspecified atom stereocenters. The van der Waals surface area contributed by atoms with E-state index in [2.05, 4.69) is 37.6 Å². The molecular weight excluding hydrogens is 216 g/mol. The van der Waals surface area contributed by atoms with Crippen LogP contribution in [0.15, 0.2) is 0 Å². The van der Waals surface area contributed by atoms with Gasteiger partial charge in [0.05, 0.1) is 11.4 Å². The Bertz CT molecular complexity index is 366. The fourth-order valence-electron chi connectivity index (χ4n) is 2.42. The van der Waals surface area contributed by atoms with E-state index in [1.165, 1.54) is 24.3 Å². The lowest BCUT2D eigenvalue weighted by molar-refractivity contribution is -0.725. The highest BCUT2D eigenvalue weighted by Crippen LogP contribution is 2.27. The summed E-state index contributed by atoms with van der Waals surface area (Å²) in [4.78, 5) is 1.63. The summed E-state index contributed by atoms with van der Waals surface area (Å²) >= 11 is 2.02. The van der Waals surface area contributed by atoms with Gasteiger partial charge in [-0.05, 0) is 26.7 Å². The van der Waals surface area contributed by atoms with Crippen LogP contribution in [0.1, 0.15) is 55.7 Å². The van der Waals surface area contributed by atoms with E-state index in [-0.39, 0.29) is 0 Å². The summed E-state index contributed by atoms with van der Waals surface area (Å²) in [5.41, 5.74) is 1.61. The molecule has 0 fully saturated rings. The van der Waals surface area contributed by atoms with Crippen molar-refractivity contribution in [3.63, 3.8) is 0 Å². The van der Waals surface area contributed by atoms with Crippen molar-refractivity contribution in [2.45, 2.75) is 65.6 Å². The van der Waals surface area contributed by atoms with Gasteiger partial charge in [0.2, 0.25) is 0 Å². The third-order valence-electron chi connectivity index (χ3n) is 3.12. The maximum Gasteiger partial charge on any atom is 0.251 e. The van der Waals surface area contributed by atoms with Crippen LogP contribution < -0.4 is 9.88 Å². The molecule has 90 valence electrons. The predicted octanol–water partition coefficient (Wildman–Crippen LogP) is 2.60. The average molecular weight is 239 g/mol. The smallest absolute Gasteiger partial charge is 0.251 e. The predicted molar refractivity (Wildman–Crippen MR) is 68.9 cm³/mol. The van der Waals surface area contributed by atoms with Crippen molar-refractivity contribution in [2.75, 3.05) is 0 Å². The number of thiazole rings is 1. The Morgan fingerprint density at radius 2 is 2.00 bits per heavy atom. The van der Waals surface area contributed by atoms with Crippen LogP contribution >= 0.6 is 11.3 Å². The lowest BCUT2D eigenvalue weighted by atomic mass is 10.3. The van der Waals surface area contributed by atoms with Crippen molar-refractivity contribution in [3.8, 4) is 0 Å². The third-order valence-corrected chi connectivity index (χ3v) is 4.38. The first-order valence-corrected chi connectivity index (χ1v) is 7.19. The number of aryl methyl sites for hydroxylation is 1. The van der Waals surface area contributed by atoms with Crippen LogP contribution in [0.25, 0.3) is 0 Å². The molecule has 1 aromatic heterocycles. The second-order valence-electron chi connectivity index (χ2n) is 5.22. The van der Waals surface area contributed by atoms with Gasteiger partial charge in [-0.15, -0.1) is 0 Å². The zero-order chi connectivity index (χ0) is 11.7. The van der Waals surface area contributed by atoms with E-state index in [1.54, 1.807) is 10.6 Å². The summed E-state index contributed by atoms with van der Waals surface area (Å²) in [6.07, 6.45) is 3.94. The second-order valence-corrected chi connectivity index (χ2v) is 6.39. The van der Waals surface area contributed by atoms with Gasteiger partial charge in [-0.1, -0.05) is 25.2 Å². The molecule has 2 nitrogen and oxygen atoms in total. The molecule has 3 heteroatoms. The van der Waals surface area contributed by atoms with Crippen LogP contribution in [0.4, 0.5) is 0 Å². The molecule has 0 saturated carbocycles. The molecule has 0 amide bonds. The number of hydrogen-bond donors (Lipinski definition) is 1. The van der Waals surface area contributed by atoms with Gasteiger partial charge in [0.1, 0.15) is 0 Å². The molecule has 1 aliphatic carbocycles. The molecule has 1 aromatic rings. The number of fused-ring (bicyclic) bond motifs is 1. The highest BCUT2D eigenvalue weighted by molar-refractivity contribution is 7.11. The Balaban J connectivity index is 2.24. The minimum Gasteiger partial charge on any atom is -0.304 e. The summed E-state index contributed by atoms with van der Waals surface area (Å²) in [6.45, 7) is 10.0. The molecule has 0 atom stereocenters. The van der Waals surface area contributed by atoms with Gasteiger partial charge in [0.25, 0.3) is 5.01 Å². The van der Waals surface area contributed by atoms with Gasteiger partial charge >= 0.3 is 0 Å². The number of rotatable bonds is 4. The molecule has 1 aliphatic rings. The van der Waals surface area contributed by atoms with Gasteiger partial charge in [0.15, 0.2) is 11.7 Å². The van der Waals surface area contributed by atoms with E-state index in [4.69, 9.17) is 0 Å². The van der Waals surface area contributed by atoms with Crippen molar-refractivity contribution in [1.82, 2.24) is 5.32 Å². The first-order valence-electron chi connectivity index (χ1n) is 6.38. The topological polar surface area (TPSA) is 15.9 Å². The van der Waals surface area contributed by atoms with Crippen LogP contribution in [-0.2, 0) is 19.4 Å². The minimum absolute atomic E-state index is 0.567. The molecule has 16 heavy (non-hydrogen) atoms. The monoisotopic (exact) mass is 239 g/mol. The zero-order valence-corrected chi connectivity index (χ0v) is 11.7. The second kappa shape index (κ2) is 4.84. The number of nitrogens with zero attached hydrogens (tertiary/aromatic N) is 1. The van der Waals surface area contributed by atoms with Crippen LogP contribution in [-0.4, -0.2) is 6.04 Å². The lowest BCUT2D eigenvalue weighted by Gasteiger charge is -2.07. The largest absolute Gasteiger partial charge is 0.304 e. The number of hydrogen-bond acceptors (Lipinski definition) is 2. The van der Waals surface area contributed by atoms with E-state index in [1.807, 2.05) is 11.3 Å². The van der Waals surface area contributed by atoms with Crippen LogP contribution in [0.5, 0.6) is 0 Å². The molecule has 0 aromatic carbocycles. The molecule has 0 spiro atoms. The molecular formula is C13H23N2S+. The van der Waals surface area contributed by atoms with Gasteiger partial charge in [-0.25, -0.2) is 0 Å². The fraction of sp³-hybridized carbons (Fsp3) is 0.769. The number of aromatic nitrogens is 1. The molecule has 1 N–H and O–H groups in total. The van der Waals surface area contributed by atoms with Crippen molar-refractivity contribution in [1.29, 1.82) is 0 Å². The maximum atomic E-state index is 3.54. The Labute approximate surface area is 103 Å². The average Bonchev–Trinajstić information content (AvgIpc) is 2.71. The number of nitrogens with one attached hydrogen (secondary N) is 1.